The summed E-state index contributed by atoms with van der Waals surface area (Å²) in [5.74, 6) is 1.89. The molecular weight excluding hydrogens is 543 g/mol. The van der Waals surface area contributed by atoms with Crippen LogP contribution in [0.3, 0.4) is 0 Å². The van der Waals surface area contributed by atoms with E-state index in [1.807, 2.05) is 32.0 Å². The van der Waals surface area contributed by atoms with E-state index >= 15 is 0 Å². The smallest absolute Gasteiger partial charge is 0.229 e. The van der Waals surface area contributed by atoms with E-state index in [9.17, 15) is 4.57 Å². The van der Waals surface area contributed by atoms with Crippen LogP contribution < -0.4 is 20.8 Å². The molecule has 5 rings (SSSR count). The highest BCUT2D eigenvalue weighted by Crippen LogP contribution is 2.41. The lowest BCUT2D eigenvalue weighted by molar-refractivity contribution is 0.312. The van der Waals surface area contributed by atoms with Gasteiger partial charge >= 0.3 is 0 Å². The molecule has 1 saturated heterocycles. The van der Waals surface area contributed by atoms with Crippen molar-refractivity contribution in [2.24, 2.45) is 0 Å². The first-order valence-electron chi connectivity index (χ1n) is 13.6. The standard InChI is InChI=1S/C29H38ClN8OP/c1-18(2)38-25-16-21(9-10-22(25)28(35-38)37-14-12-36(5)13-15-37)32-29-31-17-23(30)27(34-29)33-24-11-8-19(3)20(4)26(24)40(6,7)39/h8-11,16-18H,12-15H2,1-7H3,(H2,31,32,33,34). The third-order valence-electron chi connectivity index (χ3n) is 7.47. The molecule has 212 valence electrons. The highest BCUT2D eigenvalue weighted by molar-refractivity contribution is 7.70. The van der Waals surface area contributed by atoms with Crippen molar-refractivity contribution in [3.63, 3.8) is 0 Å². The van der Waals surface area contributed by atoms with Gasteiger partial charge in [0, 0.05) is 48.6 Å². The molecule has 1 aliphatic rings. The Morgan fingerprint density at radius 1 is 1.02 bits per heavy atom. The Labute approximate surface area is 241 Å². The summed E-state index contributed by atoms with van der Waals surface area (Å²) in [5, 5.41) is 14.0. The molecule has 0 bridgehead atoms. The van der Waals surface area contributed by atoms with Gasteiger partial charge < -0.3 is 25.0 Å². The van der Waals surface area contributed by atoms with Crippen molar-refractivity contribution in [3.8, 4) is 0 Å². The third-order valence-corrected chi connectivity index (χ3v) is 9.40. The zero-order valence-corrected chi connectivity index (χ0v) is 25.9. The summed E-state index contributed by atoms with van der Waals surface area (Å²) >= 11 is 6.50. The lowest BCUT2D eigenvalue weighted by atomic mass is 10.1. The predicted octanol–water partition coefficient (Wildman–Crippen LogP) is 6.16. The molecule has 3 heterocycles. The Hall–Kier alpha value is -3.13. The van der Waals surface area contributed by atoms with Crippen LogP contribution in [0.2, 0.25) is 5.02 Å². The molecule has 40 heavy (non-hydrogen) atoms. The molecule has 2 aromatic heterocycles. The van der Waals surface area contributed by atoms with Crippen LogP contribution in [0.1, 0.15) is 31.0 Å². The fourth-order valence-corrected chi connectivity index (χ4v) is 7.04. The summed E-state index contributed by atoms with van der Waals surface area (Å²) in [7, 11) is -0.406. The zero-order valence-electron chi connectivity index (χ0n) is 24.3. The number of halogens is 1. The van der Waals surface area contributed by atoms with Gasteiger partial charge in [0.25, 0.3) is 0 Å². The summed E-state index contributed by atoms with van der Waals surface area (Å²) in [6.07, 6.45) is 1.57. The van der Waals surface area contributed by atoms with Gasteiger partial charge in [0.1, 0.15) is 12.2 Å². The number of fused-ring (bicyclic) bond motifs is 1. The first kappa shape index (κ1) is 28.4. The number of aryl methyl sites for hydroxylation is 1. The van der Waals surface area contributed by atoms with E-state index in [0.29, 0.717) is 16.8 Å². The van der Waals surface area contributed by atoms with Crippen LogP contribution in [-0.2, 0) is 4.57 Å². The molecule has 0 saturated carbocycles. The number of likely N-dealkylation sites (N-methyl/N-ethyl adjacent to an activating group) is 1. The number of anilines is 5. The van der Waals surface area contributed by atoms with E-state index in [0.717, 1.165) is 70.7 Å². The van der Waals surface area contributed by atoms with Gasteiger partial charge in [0.2, 0.25) is 5.95 Å². The summed E-state index contributed by atoms with van der Waals surface area (Å²) in [6.45, 7) is 15.8. The molecule has 2 N–H and O–H groups in total. The van der Waals surface area contributed by atoms with E-state index in [1.165, 1.54) is 0 Å². The number of hydrogen-bond acceptors (Lipinski definition) is 8. The molecule has 9 nitrogen and oxygen atoms in total. The molecule has 4 aromatic rings. The molecule has 0 spiro atoms. The Morgan fingerprint density at radius 2 is 1.75 bits per heavy atom. The van der Waals surface area contributed by atoms with Crippen molar-refractivity contribution in [2.45, 2.75) is 33.7 Å². The van der Waals surface area contributed by atoms with Crippen molar-refractivity contribution < 1.29 is 4.57 Å². The summed E-state index contributed by atoms with van der Waals surface area (Å²) < 4.78 is 15.2. The second-order valence-corrected chi connectivity index (χ2v) is 14.8. The van der Waals surface area contributed by atoms with Gasteiger partial charge in [0.05, 0.1) is 17.4 Å². The van der Waals surface area contributed by atoms with Crippen molar-refractivity contribution in [1.29, 1.82) is 0 Å². The van der Waals surface area contributed by atoms with Crippen LogP contribution >= 0.6 is 18.7 Å². The Bertz CT molecular complexity index is 1600. The van der Waals surface area contributed by atoms with E-state index in [2.05, 4.69) is 68.1 Å². The van der Waals surface area contributed by atoms with Crippen LogP contribution in [0, 0.1) is 13.8 Å². The van der Waals surface area contributed by atoms with Gasteiger partial charge in [-0.05, 0) is 83.5 Å². The van der Waals surface area contributed by atoms with Crippen molar-refractivity contribution in [3.05, 3.63) is 52.7 Å². The van der Waals surface area contributed by atoms with E-state index in [4.69, 9.17) is 16.7 Å². The highest BCUT2D eigenvalue weighted by atomic mass is 35.5. The average molecular weight is 581 g/mol. The lowest BCUT2D eigenvalue weighted by Crippen LogP contribution is -2.44. The van der Waals surface area contributed by atoms with Crippen molar-refractivity contribution in [2.75, 3.05) is 62.1 Å². The number of hydrogen-bond donors (Lipinski definition) is 2. The van der Waals surface area contributed by atoms with Crippen LogP contribution in [0.5, 0.6) is 0 Å². The number of rotatable bonds is 7. The molecule has 1 aliphatic heterocycles. The van der Waals surface area contributed by atoms with Crippen molar-refractivity contribution >= 4 is 63.9 Å². The van der Waals surface area contributed by atoms with E-state index in [1.54, 1.807) is 19.5 Å². The molecule has 11 heteroatoms. The van der Waals surface area contributed by atoms with Gasteiger partial charge in [-0.1, -0.05) is 17.7 Å². The minimum absolute atomic E-state index is 0.210. The molecule has 0 unspecified atom stereocenters. The molecule has 0 amide bonds. The average Bonchev–Trinajstić information content (AvgIpc) is 3.27. The molecule has 0 radical (unpaired) electrons. The lowest BCUT2D eigenvalue weighted by Gasteiger charge is -2.32. The van der Waals surface area contributed by atoms with E-state index in [-0.39, 0.29) is 6.04 Å². The quantitative estimate of drug-likeness (QED) is 0.251. The molecule has 2 aromatic carbocycles. The summed E-state index contributed by atoms with van der Waals surface area (Å²) in [6, 6.07) is 10.4. The maximum Gasteiger partial charge on any atom is 0.229 e. The molecular formula is C29H38ClN8OP. The topological polar surface area (TPSA) is 91.2 Å². The Kier molecular flexibility index (Phi) is 7.83. The molecule has 0 aliphatic carbocycles. The predicted molar refractivity (Wildman–Crippen MR) is 168 cm³/mol. The van der Waals surface area contributed by atoms with Crippen LogP contribution in [0.15, 0.2) is 36.5 Å². The monoisotopic (exact) mass is 580 g/mol. The maximum atomic E-state index is 13.2. The minimum atomic E-state index is -2.57. The zero-order chi connectivity index (χ0) is 28.8. The first-order chi connectivity index (χ1) is 18.9. The fourth-order valence-electron chi connectivity index (χ4n) is 5.21. The van der Waals surface area contributed by atoms with Crippen LogP contribution in [0.4, 0.5) is 29.0 Å². The minimum Gasteiger partial charge on any atom is -0.352 e. The molecule has 0 atom stereocenters. The largest absolute Gasteiger partial charge is 0.352 e. The highest BCUT2D eigenvalue weighted by Gasteiger charge is 2.23. The summed E-state index contributed by atoms with van der Waals surface area (Å²) in [5.41, 5.74) is 4.75. The van der Waals surface area contributed by atoms with E-state index < -0.39 is 7.14 Å². The van der Waals surface area contributed by atoms with Gasteiger partial charge in [-0.25, -0.2) is 4.98 Å². The summed E-state index contributed by atoms with van der Waals surface area (Å²) in [4.78, 5) is 13.8. The van der Waals surface area contributed by atoms with Gasteiger partial charge in [-0.2, -0.15) is 10.1 Å². The number of piperazine rings is 1. The third kappa shape index (κ3) is 5.69. The van der Waals surface area contributed by atoms with Gasteiger partial charge in [-0.3, -0.25) is 4.68 Å². The van der Waals surface area contributed by atoms with Gasteiger partial charge in [0.15, 0.2) is 11.6 Å². The normalized spacial score (nSPS) is 14.8. The maximum absolute atomic E-state index is 13.2. The number of benzene rings is 2. The number of nitrogens with one attached hydrogen (secondary N) is 2. The molecule has 1 fully saturated rings. The Morgan fingerprint density at radius 3 is 2.42 bits per heavy atom. The number of aromatic nitrogens is 4. The van der Waals surface area contributed by atoms with Crippen LogP contribution in [0.25, 0.3) is 10.9 Å². The number of nitrogens with zero attached hydrogens (tertiary/aromatic N) is 6. The van der Waals surface area contributed by atoms with Crippen molar-refractivity contribution in [1.82, 2.24) is 24.6 Å². The Balaban J connectivity index is 1.46. The second kappa shape index (κ2) is 11.0. The second-order valence-electron chi connectivity index (χ2n) is 11.3. The van der Waals surface area contributed by atoms with Gasteiger partial charge in [-0.15, -0.1) is 0 Å². The first-order valence-corrected chi connectivity index (χ1v) is 16.6. The van der Waals surface area contributed by atoms with Crippen LogP contribution in [-0.4, -0.2) is 71.2 Å². The fraction of sp³-hybridized carbons (Fsp3) is 0.414. The SMILES string of the molecule is Cc1ccc(Nc2nc(Nc3ccc4c(N5CCN(C)CC5)nn(C(C)C)c4c3)ncc2Cl)c(P(C)(C)=O)c1C.